The van der Waals surface area contributed by atoms with Gasteiger partial charge in [-0.2, -0.15) is 0 Å². The highest BCUT2D eigenvalue weighted by molar-refractivity contribution is 7.99. The van der Waals surface area contributed by atoms with Gasteiger partial charge in [-0.3, -0.25) is 5.10 Å². The van der Waals surface area contributed by atoms with Crippen LogP contribution in [0, 0.1) is 0 Å². The van der Waals surface area contributed by atoms with Crippen LogP contribution in [0.5, 0.6) is 0 Å². The van der Waals surface area contributed by atoms with Crippen LogP contribution in [0.25, 0.3) is 0 Å². The van der Waals surface area contributed by atoms with Gasteiger partial charge in [0.25, 0.3) is 0 Å². The minimum absolute atomic E-state index is 0.00579. The molecule has 5 nitrogen and oxygen atoms in total. The summed E-state index contributed by atoms with van der Waals surface area (Å²) < 4.78 is 11.3. The molecule has 18 heavy (non-hydrogen) atoms. The molecule has 0 saturated carbocycles. The van der Waals surface area contributed by atoms with E-state index in [4.69, 9.17) is 9.47 Å². The fourth-order valence-corrected chi connectivity index (χ4v) is 2.30. The van der Waals surface area contributed by atoms with E-state index in [1.54, 1.807) is 11.8 Å². The van der Waals surface area contributed by atoms with E-state index < -0.39 is 0 Å². The lowest BCUT2D eigenvalue weighted by Gasteiger charge is -2.15. The third-order valence-corrected chi connectivity index (χ3v) is 3.47. The molecule has 0 aromatic carbocycles. The molecule has 1 aliphatic rings. The molecule has 0 aliphatic carbocycles. The fraction of sp³-hybridized carbons (Fsp3) is 0.833. The molecular weight excluding hydrogens is 250 g/mol. The van der Waals surface area contributed by atoms with Gasteiger partial charge in [-0.1, -0.05) is 32.5 Å². The van der Waals surface area contributed by atoms with Crippen LogP contribution in [0.4, 0.5) is 0 Å². The second-order valence-electron chi connectivity index (χ2n) is 6.15. The maximum atomic E-state index is 5.74. The summed E-state index contributed by atoms with van der Waals surface area (Å²) in [6.45, 7) is 11.0. The highest BCUT2D eigenvalue weighted by Gasteiger charge is 2.32. The van der Waals surface area contributed by atoms with Gasteiger partial charge >= 0.3 is 0 Å². The molecule has 0 bridgehead atoms. The van der Waals surface area contributed by atoms with Gasteiger partial charge in [0.05, 0.1) is 18.0 Å². The molecule has 6 heteroatoms. The maximum absolute atomic E-state index is 5.74. The summed E-state index contributed by atoms with van der Waals surface area (Å²) >= 11 is 1.55. The van der Waals surface area contributed by atoms with Gasteiger partial charge in [0.15, 0.2) is 6.29 Å². The number of ether oxygens (including phenoxy) is 2. The summed E-state index contributed by atoms with van der Waals surface area (Å²) in [6, 6.07) is 0. The maximum Gasteiger partial charge on any atom is 0.208 e. The molecule has 0 spiro atoms. The number of hydrogen-bond donors (Lipinski definition) is 1. The molecule has 2 rings (SSSR count). The zero-order chi connectivity index (χ0) is 13.4. The zero-order valence-corrected chi connectivity index (χ0v) is 12.4. The lowest BCUT2D eigenvalue weighted by atomic mass is 9.96. The van der Waals surface area contributed by atoms with E-state index in [9.17, 15) is 0 Å². The average Bonchev–Trinajstić information content (AvgIpc) is 2.80. The first-order valence-corrected chi connectivity index (χ1v) is 7.10. The highest BCUT2D eigenvalue weighted by atomic mass is 32.2. The van der Waals surface area contributed by atoms with E-state index in [1.165, 1.54) is 0 Å². The van der Waals surface area contributed by atoms with E-state index in [-0.39, 0.29) is 17.3 Å². The molecule has 0 radical (unpaired) electrons. The van der Waals surface area contributed by atoms with Crippen LogP contribution in [-0.2, 0) is 14.9 Å². The van der Waals surface area contributed by atoms with E-state index in [2.05, 4.69) is 36.0 Å². The summed E-state index contributed by atoms with van der Waals surface area (Å²) in [5, 5.41) is 7.92. The van der Waals surface area contributed by atoms with Crippen LogP contribution in [0.1, 0.15) is 40.4 Å². The number of rotatable bonds is 3. The first-order valence-electron chi connectivity index (χ1n) is 6.11. The Bertz CT molecular complexity index is 412. The van der Waals surface area contributed by atoms with Gasteiger partial charge in [0, 0.05) is 5.41 Å². The van der Waals surface area contributed by atoms with Crippen LogP contribution in [0.2, 0.25) is 0 Å². The van der Waals surface area contributed by atoms with Crippen molar-refractivity contribution in [3.05, 3.63) is 5.82 Å². The lowest BCUT2D eigenvalue weighted by molar-refractivity contribution is -0.0611. The van der Waals surface area contributed by atoms with Crippen molar-refractivity contribution in [3.63, 3.8) is 0 Å². The molecular formula is C12H21N3O2S. The Morgan fingerprint density at radius 1 is 1.44 bits per heavy atom. The molecule has 1 atom stereocenters. The molecule has 1 saturated heterocycles. The quantitative estimate of drug-likeness (QED) is 0.855. The summed E-state index contributed by atoms with van der Waals surface area (Å²) in [7, 11) is 0. The summed E-state index contributed by atoms with van der Waals surface area (Å²) in [5.74, 6) is 1.61. The second kappa shape index (κ2) is 4.83. The van der Waals surface area contributed by atoms with Crippen LogP contribution in [0.3, 0.4) is 0 Å². The first-order chi connectivity index (χ1) is 8.26. The van der Waals surface area contributed by atoms with Gasteiger partial charge in [-0.15, -0.1) is 5.10 Å². The Kier molecular flexibility index (Phi) is 3.71. The number of H-pyrrole nitrogens is 1. The molecule has 1 aromatic heterocycles. The Morgan fingerprint density at radius 2 is 2.17 bits per heavy atom. The van der Waals surface area contributed by atoms with Crippen molar-refractivity contribution < 1.29 is 9.47 Å². The van der Waals surface area contributed by atoms with E-state index >= 15 is 0 Å². The highest BCUT2D eigenvalue weighted by Crippen LogP contribution is 2.27. The molecule has 2 heterocycles. The molecule has 1 N–H and O–H groups in total. The Morgan fingerprint density at radius 3 is 2.67 bits per heavy atom. The van der Waals surface area contributed by atoms with E-state index in [1.807, 2.05) is 13.8 Å². The smallest absolute Gasteiger partial charge is 0.208 e. The molecule has 102 valence electrons. The van der Waals surface area contributed by atoms with E-state index in [0.29, 0.717) is 12.4 Å². The third kappa shape index (κ3) is 3.46. The molecule has 1 aromatic rings. The zero-order valence-electron chi connectivity index (χ0n) is 11.6. The van der Waals surface area contributed by atoms with Gasteiger partial charge in [0.1, 0.15) is 5.82 Å². The van der Waals surface area contributed by atoms with Crippen LogP contribution < -0.4 is 0 Å². The molecule has 1 fully saturated rings. The summed E-state index contributed by atoms with van der Waals surface area (Å²) in [4.78, 5) is 4.46. The van der Waals surface area contributed by atoms with Crippen molar-refractivity contribution in [1.82, 2.24) is 15.2 Å². The van der Waals surface area contributed by atoms with Crippen LogP contribution >= 0.6 is 11.8 Å². The van der Waals surface area contributed by atoms with Gasteiger partial charge in [0.2, 0.25) is 5.16 Å². The first kappa shape index (κ1) is 13.8. The minimum atomic E-state index is -0.180. The SMILES string of the molecule is CC1(C)COC(CSc2n[nH]c(C(C)(C)C)n2)O1. The Labute approximate surface area is 112 Å². The molecule has 1 unspecified atom stereocenters. The van der Waals surface area contributed by atoms with Crippen molar-refractivity contribution in [1.29, 1.82) is 0 Å². The number of nitrogens with zero attached hydrogens (tertiary/aromatic N) is 2. The molecule has 0 amide bonds. The normalized spacial score (nSPS) is 23.5. The average molecular weight is 271 g/mol. The minimum Gasteiger partial charge on any atom is -0.349 e. The van der Waals surface area contributed by atoms with Crippen LogP contribution in [0.15, 0.2) is 5.16 Å². The van der Waals surface area contributed by atoms with Gasteiger partial charge < -0.3 is 9.47 Å². The third-order valence-electron chi connectivity index (χ3n) is 2.59. The topological polar surface area (TPSA) is 60.0 Å². The van der Waals surface area contributed by atoms with Crippen molar-refractivity contribution in [2.45, 2.75) is 57.1 Å². The predicted molar refractivity (Wildman–Crippen MR) is 70.7 cm³/mol. The standard InChI is InChI=1S/C12H21N3O2S/c1-11(2,3)9-13-10(15-14-9)18-6-8-16-7-12(4,5)17-8/h8H,6-7H2,1-5H3,(H,13,14,15). The monoisotopic (exact) mass is 271 g/mol. The number of aromatic nitrogens is 3. The fourth-order valence-electron chi connectivity index (χ4n) is 1.59. The van der Waals surface area contributed by atoms with Crippen molar-refractivity contribution in [3.8, 4) is 0 Å². The van der Waals surface area contributed by atoms with Gasteiger partial charge in [-0.05, 0) is 13.8 Å². The predicted octanol–water partition coefficient (Wildman–Crippen LogP) is 2.35. The summed E-state index contributed by atoms with van der Waals surface area (Å²) in [5.41, 5.74) is -0.186. The summed E-state index contributed by atoms with van der Waals surface area (Å²) in [6.07, 6.45) is -0.165. The van der Waals surface area contributed by atoms with Crippen LogP contribution in [-0.4, -0.2) is 39.4 Å². The number of thioether (sulfide) groups is 1. The van der Waals surface area contributed by atoms with E-state index in [0.717, 1.165) is 11.0 Å². The van der Waals surface area contributed by atoms with Crippen molar-refractivity contribution in [2.75, 3.05) is 12.4 Å². The lowest BCUT2D eigenvalue weighted by Crippen LogP contribution is -2.23. The second-order valence-corrected chi connectivity index (χ2v) is 7.13. The van der Waals surface area contributed by atoms with Gasteiger partial charge in [-0.25, -0.2) is 4.98 Å². The van der Waals surface area contributed by atoms with Crippen molar-refractivity contribution in [2.24, 2.45) is 0 Å². The Hall–Kier alpha value is -0.590. The number of hydrogen-bond acceptors (Lipinski definition) is 5. The molecule has 1 aliphatic heterocycles. The largest absolute Gasteiger partial charge is 0.349 e. The Balaban J connectivity index is 1.86. The number of aromatic amines is 1. The number of nitrogens with one attached hydrogen (secondary N) is 1. The van der Waals surface area contributed by atoms with Crippen molar-refractivity contribution >= 4 is 11.8 Å².